The molecule has 4 heteroatoms. The highest BCUT2D eigenvalue weighted by Crippen LogP contribution is 2.27. The molecule has 0 saturated heterocycles. The zero-order chi connectivity index (χ0) is 13.7. The van der Waals surface area contributed by atoms with Crippen molar-refractivity contribution in [2.75, 3.05) is 25.5 Å². The Balaban J connectivity index is 2.06. The van der Waals surface area contributed by atoms with E-state index >= 15 is 0 Å². The molecule has 106 valence electrons. The van der Waals surface area contributed by atoms with E-state index in [-0.39, 0.29) is 0 Å². The molecule has 1 aliphatic rings. The molecule has 1 aromatic rings. The minimum absolute atomic E-state index is 0.839. The fraction of sp³-hybridized carbons (Fsp3) is 0.667. The quantitative estimate of drug-likeness (QED) is 0.896. The van der Waals surface area contributed by atoms with Crippen LogP contribution in [0.15, 0.2) is 16.7 Å². The summed E-state index contributed by atoms with van der Waals surface area (Å²) in [6, 6.07) is 2.16. The maximum absolute atomic E-state index is 4.60. The summed E-state index contributed by atoms with van der Waals surface area (Å²) < 4.78 is 1.05. The van der Waals surface area contributed by atoms with Gasteiger partial charge in [0.1, 0.15) is 5.82 Å². The first-order valence-electron chi connectivity index (χ1n) is 7.21. The lowest BCUT2D eigenvalue weighted by Gasteiger charge is -2.29. The van der Waals surface area contributed by atoms with Crippen LogP contribution in [0.2, 0.25) is 0 Å². The van der Waals surface area contributed by atoms with Gasteiger partial charge in [-0.3, -0.25) is 0 Å². The van der Waals surface area contributed by atoms with Crippen LogP contribution in [-0.2, 0) is 6.54 Å². The number of hydrogen-bond acceptors (Lipinski definition) is 3. The number of nitrogens with one attached hydrogen (secondary N) is 1. The summed E-state index contributed by atoms with van der Waals surface area (Å²) in [7, 11) is 4.15. The van der Waals surface area contributed by atoms with Crippen LogP contribution in [0.3, 0.4) is 0 Å². The molecule has 1 aliphatic carbocycles. The Morgan fingerprint density at radius 1 is 1.37 bits per heavy atom. The number of anilines is 1. The molecule has 0 aliphatic heterocycles. The fourth-order valence-electron chi connectivity index (χ4n) is 2.98. The van der Waals surface area contributed by atoms with E-state index in [1.165, 1.54) is 37.7 Å². The molecule has 1 heterocycles. The molecule has 1 aromatic heterocycles. The van der Waals surface area contributed by atoms with Crippen LogP contribution in [0.5, 0.6) is 0 Å². The Hall–Kier alpha value is -0.610. The van der Waals surface area contributed by atoms with Crippen LogP contribution in [0.25, 0.3) is 0 Å². The van der Waals surface area contributed by atoms with Gasteiger partial charge in [0.25, 0.3) is 0 Å². The number of rotatable bonds is 5. The summed E-state index contributed by atoms with van der Waals surface area (Å²) in [6.45, 7) is 1.99. The molecule has 0 unspecified atom stereocenters. The Labute approximate surface area is 124 Å². The Bertz CT molecular complexity index is 402. The summed E-state index contributed by atoms with van der Waals surface area (Å²) in [5.74, 6) is 1.95. The average molecular weight is 326 g/mol. The highest BCUT2D eigenvalue weighted by molar-refractivity contribution is 9.10. The van der Waals surface area contributed by atoms with Crippen LogP contribution in [0, 0.1) is 5.92 Å². The van der Waals surface area contributed by atoms with Gasteiger partial charge < -0.3 is 10.2 Å². The normalized spacial score (nSPS) is 16.6. The lowest BCUT2D eigenvalue weighted by Crippen LogP contribution is -2.28. The zero-order valence-electron chi connectivity index (χ0n) is 12.0. The van der Waals surface area contributed by atoms with Gasteiger partial charge in [-0.2, -0.15) is 0 Å². The van der Waals surface area contributed by atoms with E-state index in [2.05, 4.69) is 44.2 Å². The number of hydrogen-bond donors (Lipinski definition) is 1. The van der Waals surface area contributed by atoms with Gasteiger partial charge in [0.15, 0.2) is 0 Å². The number of halogens is 1. The molecule has 0 spiro atoms. The second kappa shape index (κ2) is 7.25. The molecule has 3 nitrogen and oxygen atoms in total. The molecule has 0 bridgehead atoms. The minimum atomic E-state index is 0.839. The summed E-state index contributed by atoms with van der Waals surface area (Å²) in [4.78, 5) is 6.93. The zero-order valence-corrected chi connectivity index (χ0v) is 13.5. The lowest BCUT2D eigenvalue weighted by atomic mass is 9.89. The summed E-state index contributed by atoms with van der Waals surface area (Å²) in [6.07, 6.45) is 8.86. The number of aromatic nitrogens is 1. The fourth-order valence-corrected chi connectivity index (χ4v) is 3.36. The van der Waals surface area contributed by atoms with Crippen molar-refractivity contribution in [1.29, 1.82) is 0 Å². The third-order valence-electron chi connectivity index (χ3n) is 3.90. The van der Waals surface area contributed by atoms with Gasteiger partial charge in [-0.15, -0.1) is 0 Å². The Morgan fingerprint density at radius 2 is 2.11 bits per heavy atom. The van der Waals surface area contributed by atoms with Crippen molar-refractivity contribution in [2.45, 2.75) is 38.6 Å². The standard InChI is InChI=1S/C15H24BrN3/c1-17-9-13-8-14(16)10-18-15(13)19(2)11-12-6-4-3-5-7-12/h8,10,12,17H,3-7,9,11H2,1-2H3. The molecule has 19 heavy (non-hydrogen) atoms. The first kappa shape index (κ1) is 14.8. The van der Waals surface area contributed by atoms with Crippen LogP contribution < -0.4 is 10.2 Å². The monoisotopic (exact) mass is 325 g/mol. The topological polar surface area (TPSA) is 28.2 Å². The lowest BCUT2D eigenvalue weighted by molar-refractivity contribution is 0.361. The van der Waals surface area contributed by atoms with Gasteiger partial charge >= 0.3 is 0 Å². The van der Waals surface area contributed by atoms with Gasteiger partial charge in [-0.05, 0) is 47.8 Å². The van der Waals surface area contributed by atoms with E-state index in [4.69, 9.17) is 0 Å². The van der Waals surface area contributed by atoms with E-state index in [1.54, 1.807) is 0 Å². The van der Waals surface area contributed by atoms with Crippen LogP contribution in [-0.4, -0.2) is 25.6 Å². The van der Waals surface area contributed by atoms with Crippen molar-refractivity contribution in [3.8, 4) is 0 Å². The molecule has 0 atom stereocenters. The van der Waals surface area contributed by atoms with E-state index in [1.807, 2.05) is 13.2 Å². The van der Waals surface area contributed by atoms with Gasteiger partial charge in [-0.1, -0.05) is 19.3 Å². The van der Waals surface area contributed by atoms with Crippen LogP contribution >= 0.6 is 15.9 Å². The molecular weight excluding hydrogens is 302 g/mol. The second-order valence-corrected chi connectivity index (χ2v) is 6.47. The molecule has 1 saturated carbocycles. The summed E-state index contributed by atoms with van der Waals surface area (Å²) in [5, 5.41) is 3.22. The van der Waals surface area contributed by atoms with Gasteiger partial charge in [-0.25, -0.2) is 4.98 Å². The van der Waals surface area contributed by atoms with Crippen molar-refractivity contribution in [3.05, 3.63) is 22.3 Å². The second-order valence-electron chi connectivity index (χ2n) is 5.55. The average Bonchev–Trinajstić information content (AvgIpc) is 2.40. The molecule has 1 N–H and O–H groups in total. The van der Waals surface area contributed by atoms with Crippen molar-refractivity contribution in [2.24, 2.45) is 5.92 Å². The molecule has 0 aromatic carbocycles. The predicted octanol–water partition coefficient (Wildman–Crippen LogP) is 3.58. The van der Waals surface area contributed by atoms with Crippen molar-refractivity contribution in [3.63, 3.8) is 0 Å². The van der Waals surface area contributed by atoms with Gasteiger partial charge in [0, 0.05) is 36.4 Å². The molecule has 2 rings (SSSR count). The summed E-state index contributed by atoms with van der Waals surface area (Å²) >= 11 is 3.51. The number of pyridine rings is 1. The van der Waals surface area contributed by atoms with Crippen LogP contribution in [0.1, 0.15) is 37.7 Å². The molecule has 0 radical (unpaired) electrons. The Morgan fingerprint density at radius 3 is 2.79 bits per heavy atom. The Kier molecular flexibility index (Phi) is 5.64. The van der Waals surface area contributed by atoms with Crippen molar-refractivity contribution in [1.82, 2.24) is 10.3 Å². The molecule has 0 amide bonds. The van der Waals surface area contributed by atoms with Crippen molar-refractivity contribution < 1.29 is 0 Å². The van der Waals surface area contributed by atoms with E-state index < -0.39 is 0 Å². The highest BCUT2D eigenvalue weighted by Gasteiger charge is 2.17. The first-order chi connectivity index (χ1) is 9.20. The third-order valence-corrected chi connectivity index (χ3v) is 4.33. The molecule has 1 fully saturated rings. The minimum Gasteiger partial charge on any atom is -0.359 e. The van der Waals surface area contributed by atoms with E-state index in [0.717, 1.165) is 29.3 Å². The summed E-state index contributed by atoms with van der Waals surface area (Å²) in [5.41, 5.74) is 1.26. The largest absolute Gasteiger partial charge is 0.359 e. The maximum Gasteiger partial charge on any atom is 0.132 e. The first-order valence-corrected chi connectivity index (χ1v) is 8.00. The van der Waals surface area contributed by atoms with Gasteiger partial charge in [0.05, 0.1) is 0 Å². The smallest absolute Gasteiger partial charge is 0.132 e. The molecular formula is C15H24BrN3. The highest BCUT2D eigenvalue weighted by atomic mass is 79.9. The number of nitrogens with zero attached hydrogens (tertiary/aromatic N) is 2. The van der Waals surface area contributed by atoms with Crippen LogP contribution in [0.4, 0.5) is 5.82 Å². The SMILES string of the molecule is CNCc1cc(Br)cnc1N(C)CC1CCCCC1. The predicted molar refractivity (Wildman–Crippen MR) is 84.5 cm³/mol. The van der Waals surface area contributed by atoms with E-state index in [9.17, 15) is 0 Å². The third kappa shape index (κ3) is 4.18. The van der Waals surface area contributed by atoms with Crippen molar-refractivity contribution >= 4 is 21.7 Å². The van der Waals surface area contributed by atoms with Gasteiger partial charge in [0.2, 0.25) is 0 Å². The van der Waals surface area contributed by atoms with E-state index in [0.29, 0.717) is 0 Å². The maximum atomic E-state index is 4.60.